The molecule has 0 aliphatic carbocycles. The number of aromatic nitrogens is 3. The Morgan fingerprint density at radius 3 is 2.70 bits per heavy atom. The number of hydrogen-bond donors (Lipinski definition) is 1. The van der Waals surface area contributed by atoms with Crippen molar-refractivity contribution in [3.8, 4) is 11.5 Å². The molecule has 164 valence electrons. The van der Waals surface area contributed by atoms with Crippen LogP contribution in [0.15, 0.2) is 78.6 Å². The SMILES string of the molecule is COc1ccc([C@@H]2C3=C(Nc4ncnn42)c2cc(Cl)ccc2O[C@@H]3c2ccccc2F)cc1. The van der Waals surface area contributed by atoms with Gasteiger partial charge in [0, 0.05) is 21.7 Å². The van der Waals surface area contributed by atoms with Crippen molar-refractivity contribution in [2.75, 3.05) is 12.4 Å². The van der Waals surface area contributed by atoms with Crippen LogP contribution in [0.5, 0.6) is 11.5 Å². The fourth-order valence-corrected chi connectivity index (χ4v) is 4.67. The van der Waals surface area contributed by atoms with Crippen molar-refractivity contribution in [3.05, 3.63) is 106 Å². The lowest BCUT2D eigenvalue weighted by Gasteiger charge is -2.39. The second kappa shape index (κ2) is 7.64. The van der Waals surface area contributed by atoms with Gasteiger partial charge in [0.15, 0.2) is 6.10 Å². The number of nitrogens with zero attached hydrogens (tertiary/aromatic N) is 3. The van der Waals surface area contributed by atoms with Crippen LogP contribution in [0.1, 0.15) is 28.8 Å². The zero-order valence-electron chi connectivity index (χ0n) is 17.5. The summed E-state index contributed by atoms with van der Waals surface area (Å²) in [6, 6.07) is 19.4. The van der Waals surface area contributed by atoms with Crippen molar-refractivity contribution < 1.29 is 13.9 Å². The highest BCUT2D eigenvalue weighted by molar-refractivity contribution is 6.30. The van der Waals surface area contributed by atoms with E-state index in [2.05, 4.69) is 15.4 Å². The molecule has 0 bridgehead atoms. The third kappa shape index (κ3) is 3.15. The van der Waals surface area contributed by atoms with Gasteiger partial charge in [-0.1, -0.05) is 41.9 Å². The van der Waals surface area contributed by atoms with E-state index in [1.807, 2.05) is 30.3 Å². The molecule has 0 fully saturated rings. The monoisotopic (exact) mass is 460 g/mol. The molecule has 2 aliphatic rings. The van der Waals surface area contributed by atoms with Crippen molar-refractivity contribution in [3.63, 3.8) is 0 Å². The van der Waals surface area contributed by atoms with Crippen LogP contribution in [0, 0.1) is 5.82 Å². The predicted octanol–water partition coefficient (Wildman–Crippen LogP) is 5.64. The Morgan fingerprint density at radius 1 is 1.09 bits per heavy atom. The van der Waals surface area contributed by atoms with Gasteiger partial charge in [-0.15, -0.1) is 0 Å². The van der Waals surface area contributed by atoms with E-state index in [-0.39, 0.29) is 11.9 Å². The van der Waals surface area contributed by atoms with Crippen LogP contribution in [-0.2, 0) is 0 Å². The Bertz CT molecular complexity index is 1400. The summed E-state index contributed by atoms with van der Waals surface area (Å²) in [7, 11) is 1.62. The van der Waals surface area contributed by atoms with Crippen molar-refractivity contribution in [1.29, 1.82) is 0 Å². The minimum absolute atomic E-state index is 0.343. The molecule has 0 unspecified atom stereocenters. The number of fused-ring (bicyclic) bond motifs is 3. The molecule has 3 heterocycles. The third-order valence-corrected chi connectivity index (χ3v) is 6.23. The number of halogens is 2. The lowest BCUT2D eigenvalue weighted by atomic mass is 9.84. The second-order valence-electron chi connectivity index (χ2n) is 7.82. The van der Waals surface area contributed by atoms with Crippen LogP contribution in [-0.4, -0.2) is 21.9 Å². The molecule has 2 atom stereocenters. The van der Waals surface area contributed by atoms with Gasteiger partial charge in [-0.3, -0.25) is 0 Å². The van der Waals surface area contributed by atoms with Gasteiger partial charge in [-0.05, 0) is 42.0 Å². The van der Waals surface area contributed by atoms with E-state index in [0.717, 1.165) is 28.1 Å². The summed E-state index contributed by atoms with van der Waals surface area (Å²) < 4.78 is 28.6. The number of benzene rings is 3. The van der Waals surface area contributed by atoms with Gasteiger partial charge in [0.05, 0.1) is 12.8 Å². The summed E-state index contributed by atoms with van der Waals surface area (Å²) in [6.45, 7) is 0. The molecule has 33 heavy (non-hydrogen) atoms. The molecular weight excluding hydrogens is 443 g/mol. The predicted molar refractivity (Wildman–Crippen MR) is 123 cm³/mol. The van der Waals surface area contributed by atoms with Gasteiger partial charge in [-0.25, -0.2) is 9.07 Å². The Hall–Kier alpha value is -3.84. The number of hydrogen-bond acceptors (Lipinski definition) is 5. The van der Waals surface area contributed by atoms with E-state index >= 15 is 4.39 Å². The molecule has 6 rings (SSSR count). The van der Waals surface area contributed by atoms with E-state index in [1.165, 1.54) is 12.4 Å². The highest BCUT2D eigenvalue weighted by Crippen LogP contribution is 2.51. The summed E-state index contributed by atoms with van der Waals surface area (Å²) in [5.41, 5.74) is 3.77. The molecule has 0 amide bonds. The molecule has 0 spiro atoms. The third-order valence-electron chi connectivity index (χ3n) is 6.00. The molecule has 4 aromatic rings. The zero-order chi connectivity index (χ0) is 22.5. The molecule has 1 N–H and O–H groups in total. The first-order valence-corrected chi connectivity index (χ1v) is 10.8. The molecular formula is C25H18ClFN4O2. The summed E-state index contributed by atoms with van der Waals surface area (Å²) >= 11 is 6.34. The molecule has 2 aliphatic heterocycles. The molecule has 3 aromatic carbocycles. The van der Waals surface area contributed by atoms with Crippen LogP contribution in [0.25, 0.3) is 5.70 Å². The molecule has 8 heteroatoms. The number of rotatable bonds is 3. The van der Waals surface area contributed by atoms with Crippen LogP contribution < -0.4 is 14.8 Å². The highest BCUT2D eigenvalue weighted by Gasteiger charge is 2.41. The van der Waals surface area contributed by atoms with E-state index in [1.54, 1.807) is 42.1 Å². The number of anilines is 1. The lowest BCUT2D eigenvalue weighted by molar-refractivity contribution is 0.218. The molecule has 1 aromatic heterocycles. The summed E-state index contributed by atoms with van der Waals surface area (Å²) in [5.74, 6) is 1.59. The Morgan fingerprint density at radius 2 is 1.91 bits per heavy atom. The molecule has 0 saturated carbocycles. The number of methoxy groups -OCH3 is 1. The molecule has 6 nitrogen and oxygen atoms in total. The largest absolute Gasteiger partial charge is 0.497 e. The minimum atomic E-state index is -0.688. The lowest BCUT2D eigenvalue weighted by Crippen LogP contribution is -2.32. The maximum atomic E-state index is 15.0. The standard InChI is InChI=1S/C25H18ClFN4O2/c1-32-16-9-6-14(7-10-16)23-21-22(30-25-28-13-29-31(23)25)18-12-15(26)8-11-20(18)33-24(21)17-4-2-3-5-19(17)27/h2-13,23-24H,1H3,(H,28,29,30)/t23-,24-/m1/s1. The van der Waals surface area contributed by atoms with Crippen molar-refractivity contribution >= 4 is 23.2 Å². The highest BCUT2D eigenvalue weighted by atomic mass is 35.5. The first-order valence-electron chi connectivity index (χ1n) is 10.4. The zero-order valence-corrected chi connectivity index (χ0v) is 18.3. The first-order chi connectivity index (χ1) is 16.1. The maximum absolute atomic E-state index is 15.0. The van der Waals surface area contributed by atoms with Gasteiger partial charge in [0.1, 0.15) is 29.7 Å². The Balaban J connectivity index is 1.63. The van der Waals surface area contributed by atoms with Crippen molar-refractivity contribution in [2.24, 2.45) is 0 Å². The first kappa shape index (κ1) is 19.8. The summed E-state index contributed by atoms with van der Waals surface area (Å²) in [4.78, 5) is 4.40. The topological polar surface area (TPSA) is 61.2 Å². The van der Waals surface area contributed by atoms with Gasteiger partial charge in [0.2, 0.25) is 5.95 Å². The normalized spacial score (nSPS) is 18.5. The van der Waals surface area contributed by atoms with Gasteiger partial charge >= 0.3 is 0 Å². The molecule has 0 radical (unpaired) electrons. The number of nitrogens with one attached hydrogen (secondary N) is 1. The Kier molecular flexibility index (Phi) is 4.58. The molecule has 0 saturated heterocycles. The van der Waals surface area contributed by atoms with E-state index < -0.39 is 6.10 Å². The van der Waals surface area contributed by atoms with Crippen molar-refractivity contribution in [1.82, 2.24) is 14.8 Å². The smallest absolute Gasteiger partial charge is 0.226 e. The Labute approximate surface area is 194 Å². The van der Waals surface area contributed by atoms with Crippen LogP contribution >= 0.6 is 11.6 Å². The van der Waals surface area contributed by atoms with Crippen LogP contribution in [0.3, 0.4) is 0 Å². The van der Waals surface area contributed by atoms with Crippen molar-refractivity contribution in [2.45, 2.75) is 12.1 Å². The van der Waals surface area contributed by atoms with E-state index in [0.29, 0.717) is 22.3 Å². The quantitative estimate of drug-likeness (QED) is 0.428. The van der Waals surface area contributed by atoms with Gasteiger partial charge in [0.25, 0.3) is 0 Å². The average molecular weight is 461 g/mol. The fourth-order valence-electron chi connectivity index (χ4n) is 4.49. The second-order valence-corrected chi connectivity index (χ2v) is 8.26. The average Bonchev–Trinajstić information content (AvgIpc) is 3.31. The summed E-state index contributed by atoms with van der Waals surface area (Å²) in [5, 5.41) is 8.43. The van der Waals surface area contributed by atoms with Gasteiger partial charge in [-0.2, -0.15) is 10.1 Å². The number of ether oxygens (including phenoxy) is 2. The minimum Gasteiger partial charge on any atom is -0.497 e. The van der Waals surface area contributed by atoms with Crippen LogP contribution in [0.4, 0.5) is 10.3 Å². The van der Waals surface area contributed by atoms with Crippen LogP contribution in [0.2, 0.25) is 5.02 Å². The summed E-state index contributed by atoms with van der Waals surface area (Å²) in [6.07, 6.45) is 0.807. The van der Waals surface area contributed by atoms with Gasteiger partial charge < -0.3 is 14.8 Å². The maximum Gasteiger partial charge on any atom is 0.226 e. The van der Waals surface area contributed by atoms with E-state index in [4.69, 9.17) is 21.1 Å². The van der Waals surface area contributed by atoms with E-state index in [9.17, 15) is 0 Å². The fraction of sp³-hybridized carbons (Fsp3) is 0.120.